The summed E-state index contributed by atoms with van der Waals surface area (Å²) < 4.78 is 0. The summed E-state index contributed by atoms with van der Waals surface area (Å²) in [5, 5.41) is 0. The molecule has 0 radical (unpaired) electrons. The molecule has 2 saturated carbocycles. The molecule has 0 bridgehead atoms. The third kappa shape index (κ3) is 2.24. The summed E-state index contributed by atoms with van der Waals surface area (Å²) in [6.07, 6.45) is 9.99. The largest absolute Gasteiger partial charge is 0.104 e. The molecule has 0 N–H and O–H groups in total. The summed E-state index contributed by atoms with van der Waals surface area (Å²) in [4.78, 5) is 0. The van der Waals surface area contributed by atoms with Crippen molar-refractivity contribution in [1.29, 1.82) is 0 Å². The molecule has 3 rings (SSSR count). The second-order valence-corrected chi connectivity index (χ2v) is 8.59. The van der Waals surface area contributed by atoms with Crippen LogP contribution < -0.4 is 0 Å². The third-order valence-electron chi connectivity index (χ3n) is 7.03. The average molecular weight is 273 g/mol. The zero-order chi connectivity index (χ0) is 14.5. The number of fused-ring (bicyclic) bond motifs is 2. The van der Waals surface area contributed by atoms with Crippen LogP contribution in [0.15, 0.2) is 11.1 Å². The highest BCUT2D eigenvalue weighted by molar-refractivity contribution is 5.30. The molecular formula is C20H33+. The molecule has 0 aromatic heterocycles. The molecule has 0 amide bonds. The lowest BCUT2D eigenvalue weighted by molar-refractivity contribution is 0.180. The molecule has 20 heavy (non-hydrogen) atoms. The topological polar surface area (TPSA) is 0 Å². The minimum atomic E-state index is 0.536. The number of hydrogen-bond donors (Lipinski definition) is 0. The van der Waals surface area contributed by atoms with Crippen molar-refractivity contribution < 1.29 is 0 Å². The molecule has 0 aromatic rings. The van der Waals surface area contributed by atoms with E-state index in [9.17, 15) is 0 Å². The smallest absolute Gasteiger partial charge is 0.0679 e. The Morgan fingerprint density at radius 1 is 1.20 bits per heavy atom. The van der Waals surface area contributed by atoms with E-state index in [0.29, 0.717) is 5.41 Å². The maximum Gasteiger partial charge on any atom is 0.104 e. The van der Waals surface area contributed by atoms with Gasteiger partial charge in [0.25, 0.3) is 0 Å². The summed E-state index contributed by atoms with van der Waals surface area (Å²) in [6, 6.07) is 0. The Hall–Kier alpha value is -0.390. The second kappa shape index (κ2) is 5.11. The van der Waals surface area contributed by atoms with Crippen LogP contribution in [-0.2, 0) is 0 Å². The molecule has 3 aliphatic rings. The van der Waals surface area contributed by atoms with Gasteiger partial charge in [-0.25, -0.2) is 0 Å². The van der Waals surface area contributed by atoms with Crippen LogP contribution in [0, 0.1) is 35.0 Å². The molecule has 0 saturated heterocycles. The molecule has 0 aromatic carbocycles. The van der Waals surface area contributed by atoms with Crippen molar-refractivity contribution in [2.24, 2.45) is 29.1 Å². The van der Waals surface area contributed by atoms with E-state index in [2.05, 4.69) is 34.6 Å². The van der Waals surface area contributed by atoms with E-state index in [-0.39, 0.29) is 0 Å². The first kappa shape index (κ1) is 14.5. The van der Waals surface area contributed by atoms with E-state index in [1.165, 1.54) is 44.9 Å². The summed E-state index contributed by atoms with van der Waals surface area (Å²) in [7, 11) is 0. The summed E-state index contributed by atoms with van der Waals surface area (Å²) >= 11 is 0. The average Bonchev–Trinajstić information content (AvgIpc) is 2.88. The molecule has 0 nitrogen and oxygen atoms in total. The van der Waals surface area contributed by atoms with Gasteiger partial charge in [0.1, 0.15) is 5.92 Å². The molecule has 0 spiro atoms. The SMILES string of the molecule is C[C+]1CC[C@H]2[C@@H](C)CCC3=C(C(C)C)CC[C@]3(C)C[C@@H]12. The Labute approximate surface area is 126 Å². The Morgan fingerprint density at radius 2 is 1.95 bits per heavy atom. The zero-order valence-electron chi connectivity index (χ0n) is 14.3. The van der Waals surface area contributed by atoms with Gasteiger partial charge in [-0.05, 0) is 55.8 Å². The van der Waals surface area contributed by atoms with E-state index in [1.807, 2.05) is 17.1 Å². The van der Waals surface area contributed by atoms with Gasteiger partial charge in [-0.1, -0.05) is 38.8 Å². The van der Waals surface area contributed by atoms with Gasteiger partial charge in [0.2, 0.25) is 0 Å². The first-order chi connectivity index (χ1) is 9.42. The van der Waals surface area contributed by atoms with Crippen LogP contribution in [0.1, 0.15) is 79.6 Å². The minimum absolute atomic E-state index is 0.536. The molecule has 0 unspecified atom stereocenters. The first-order valence-electron chi connectivity index (χ1n) is 8.97. The van der Waals surface area contributed by atoms with Crippen molar-refractivity contribution >= 4 is 0 Å². The molecule has 112 valence electrons. The minimum Gasteiger partial charge on any atom is -0.0679 e. The predicted molar refractivity (Wildman–Crippen MR) is 87.4 cm³/mol. The van der Waals surface area contributed by atoms with E-state index >= 15 is 0 Å². The van der Waals surface area contributed by atoms with Gasteiger partial charge in [-0.2, -0.15) is 0 Å². The fourth-order valence-electron chi connectivity index (χ4n) is 5.65. The van der Waals surface area contributed by atoms with E-state index in [0.717, 1.165) is 23.7 Å². The van der Waals surface area contributed by atoms with E-state index in [4.69, 9.17) is 0 Å². The van der Waals surface area contributed by atoms with Crippen LogP contribution >= 0.6 is 0 Å². The fraction of sp³-hybridized carbons (Fsp3) is 0.850. The van der Waals surface area contributed by atoms with Gasteiger partial charge < -0.3 is 0 Å². The molecule has 4 atom stereocenters. The normalized spacial score (nSPS) is 41.7. The monoisotopic (exact) mass is 273 g/mol. The van der Waals surface area contributed by atoms with Gasteiger partial charge in [0.15, 0.2) is 0 Å². The fourth-order valence-corrected chi connectivity index (χ4v) is 5.65. The lowest BCUT2D eigenvalue weighted by Crippen LogP contribution is -2.30. The van der Waals surface area contributed by atoms with Gasteiger partial charge in [0, 0.05) is 5.92 Å². The van der Waals surface area contributed by atoms with Crippen molar-refractivity contribution in [3.8, 4) is 0 Å². The number of hydrogen-bond acceptors (Lipinski definition) is 0. The quantitative estimate of drug-likeness (QED) is 0.395. The van der Waals surface area contributed by atoms with Crippen LogP contribution in [0.4, 0.5) is 0 Å². The zero-order valence-corrected chi connectivity index (χ0v) is 14.3. The highest BCUT2D eigenvalue weighted by Gasteiger charge is 2.51. The second-order valence-electron chi connectivity index (χ2n) is 8.59. The number of allylic oxidation sites excluding steroid dienone is 2. The Kier molecular flexibility index (Phi) is 3.72. The maximum atomic E-state index is 2.59. The van der Waals surface area contributed by atoms with Gasteiger partial charge >= 0.3 is 0 Å². The van der Waals surface area contributed by atoms with Gasteiger partial charge in [0.05, 0.1) is 19.3 Å². The van der Waals surface area contributed by atoms with E-state index in [1.54, 1.807) is 0 Å². The molecule has 0 aliphatic heterocycles. The first-order valence-corrected chi connectivity index (χ1v) is 8.97. The molecule has 0 heteroatoms. The Bertz CT molecular complexity index is 402. The lowest BCUT2D eigenvalue weighted by Gasteiger charge is -2.37. The lowest BCUT2D eigenvalue weighted by atomic mass is 9.65. The standard InChI is InChI=1S/C20H33/c1-13(2)16-10-11-20(5)12-18-15(4)6-8-17(18)14(3)7-9-19(16)20/h13-14,17-18H,6-12H2,1-5H3/q+1/t14-,17-,18-,20+/m0/s1. The molecular weight excluding hydrogens is 240 g/mol. The van der Waals surface area contributed by atoms with Crippen molar-refractivity contribution in [2.75, 3.05) is 0 Å². The third-order valence-corrected chi connectivity index (χ3v) is 7.03. The summed E-state index contributed by atoms with van der Waals surface area (Å²) in [6.45, 7) is 12.4. The van der Waals surface area contributed by atoms with Crippen molar-refractivity contribution in [3.63, 3.8) is 0 Å². The molecule has 2 fully saturated rings. The maximum absolute atomic E-state index is 2.59. The van der Waals surface area contributed by atoms with E-state index < -0.39 is 0 Å². The van der Waals surface area contributed by atoms with Gasteiger partial charge in [-0.3, -0.25) is 0 Å². The highest BCUT2D eigenvalue weighted by Crippen LogP contribution is 2.58. The highest BCUT2D eigenvalue weighted by atomic mass is 14.5. The van der Waals surface area contributed by atoms with Gasteiger partial charge in [-0.15, -0.1) is 0 Å². The summed E-state index contributed by atoms with van der Waals surface area (Å²) in [5.41, 5.74) is 4.25. The van der Waals surface area contributed by atoms with Crippen LogP contribution in [0.5, 0.6) is 0 Å². The Balaban J connectivity index is 1.94. The van der Waals surface area contributed by atoms with Crippen molar-refractivity contribution in [1.82, 2.24) is 0 Å². The van der Waals surface area contributed by atoms with Crippen LogP contribution in [0.3, 0.4) is 0 Å². The molecule has 3 aliphatic carbocycles. The van der Waals surface area contributed by atoms with Crippen LogP contribution in [0.2, 0.25) is 0 Å². The van der Waals surface area contributed by atoms with Crippen molar-refractivity contribution in [3.05, 3.63) is 17.1 Å². The van der Waals surface area contributed by atoms with Crippen molar-refractivity contribution in [2.45, 2.75) is 79.6 Å². The Morgan fingerprint density at radius 3 is 2.65 bits per heavy atom. The van der Waals surface area contributed by atoms with Crippen LogP contribution in [0.25, 0.3) is 0 Å². The number of rotatable bonds is 1. The summed E-state index contributed by atoms with van der Waals surface area (Å²) in [5.74, 6) is 5.45. The molecule has 0 heterocycles. The predicted octanol–water partition coefficient (Wildman–Crippen LogP) is 6.18. The van der Waals surface area contributed by atoms with Crippen LogP contribution in [-0.4, -0.2) is 0 Å².